The average molecular weight is 728 g/mol. The van der Waals surface area contributed by atoms with Crippen LogP contribution < -0.4 is 19.9 Å². The van der Waals surface area contributed by atoms with E-state index < -0.39 is 25.4 Å². The first-order valence-electron chi connectivity index (χ1n) is 17.7. The zero-order chi connectivity index (χ0) is 38.4. The second kappa shape index (κ2) is 14.1. The number of hydrogen-bond donors (Lipinski definition) is 1. The summed E-state index contributed by atoms with van der Waals surface area (Å²) in [6.45, 7) is 20.2. The van der Waals surface area contributed by atoms with Crippen LogP contribution in [0.1, 0.15) is 65.2 Å². The van der Waals surface area contributed by atoms with Crippen LogP contribution in [0.3, 0.4) is 0 Å². The summed E-state index contributed by atoms with van der Waals surface area (Å²) in [6.07, 6.45) is 1.88. The van der Waals surface area contributed by atoms with Gasteiger partial charge in [0.25, 0.3) is 0 Å². The van der Waals surface area contributed by atoms with E-state index in [-0.39, 0.29) is 10.9 Å². The number of carbonyl (C=O) groups excluding carboxylic acids is 2. The summed E-state index contributed by atoms with van der Waals surface area (Å²) in [6, 6.07) is 11.8. The highest BCUT2D eigenvalue weighted by atomic mass is 28.4. The molecule has 0 bridgehead atoms. The summed E-state index contributed by atoms with van der Waals surface area (Å²) in [7, 11) is 3.18. The molecule has 0 saturated carbocycles. The SMILES string of the molecule is COc1cc2c(cc1Nc1nccc(-c3cc(C#N)c4c(c3)C(C)(CO[Si](C)(C)C(C)(C)C)CN4C(=O)OC(C)(C)C)n1)CCN2C(=O)CN(C)C. The molecule has 278 valence electrons. The Bertz CT molecular complexity index is 1910. The molecule has 1 unspecified atom stereocenters. The molecule has 0 fully saturated rings. The van der Waals surface area contributed by atoms with E-state index in [4.69, 9.17) is 18.9 Å². The number of likely N-dealkylation sites (N-methyl/N-ethyl adjacent to an activating group) is 1. The van der Waals surface area contributed by atoms with Crippen molar-refractivity contribution in [3.8, 4) is 23.1 Å². The van der Waals surface area contributed by atoms with Gasteiger partial charge < -0.3 is 29.0 Å². The Morgan fingerprint density at radius 3 is 2.42 bits per heavy atom. The van der Waals surface area contributed by atoms with Crippen LogP contribution in [-0.4, -0.2) is 88.2 Å². The van der Waals surface area contributed by atoms with Crippen molar-refractivity contribution < 1.29 is 23.5 Å². The zero-order valence-electron chi connectivity index (χ0n) is 32.7. The number of carbonyl (C=O) groups is 2. The van der Waals surface area contributed by atoms with E-state index in [2.05, 4.69) is 57.2 Å². The molecule has 13 heteroatoms. The Hall–Kier alpha value is -4.51. The second-order valence-electron chi connectivity index (χ2n) is 16.8. The maximum Gasteiger partial charge on any atom is 0.414 e. The lowest BCUT2D eigenvalue weighted by molar-refractivity contribution is -0.119. The Morgan fingerprint density at radius 1 is 1.10 bits per heavy atom. The van der Waals surface area contributed by atoms with E-state index >= 15 is 0 Å². The van der Waals surface area contributed by atoms with Gasteiger partial charge >= 0.3 is 6.09 Å². The second-order valence-corrected chi connectivity index (χ2v) is 21.6. The predicted molar refractivity (Wildman–Crippen MR) is 207 cm³/mol. The molecule has 1 aromatic heterocycles. The fraction of sp³-hybridized carbons (Fsp3) is 0.513. The number of nitrogens with zero attached hydrogens (tertiary/aromatic N) is 6. The first-order chi connectivity index (χ1) is 24.2. The zero-order valence-corrected chi connectivity index (χ0v) is 33.7. The first kappa shape index (κ1) is 38.7. The molecule has 1 N–H and O–H groups in total. The van der Waals surface area contributed by atoms with Crippen LogP contribution in [-0.2, 0) is 25.8 Å². The summed E-state index contributed by atoms with van der Waals surface area (Å²) in [5, 5.41) is 13.8. The van der Waals surface area contributed by atoms with Gasteiger partial charge in [-0.1, -0.05) is 27.7 Å². The minimum absolute atomic E-state index is 0.00985. The van der Waals surface area contributed by atoms with Gasteiger partial charge in [-0.15, -0.1) is 0 Å². The van der Waals surface area contributed by atoms with E-state index in [1.54, 1.807) is 35.2 Å². The number of nitriles is 1. The standard InChI is InChI=1S/C39H53N7O5Si/c1-37(2,3)51-36(48)46-23-39(7,24-50-52(11,12)38(4,5)6)28-18-26(17-27(21-40)34(28)46)29-13-15-41-35(42-29)43-30-19-25-14-16-45(33(47)22-44(8)9)31(25)20-32(30)49-10/h13,15,17-20H,14,16,22-24H2,1-12H3,(H,41,42,43). The highest BCUT2D eigenvalue weighted by Gasteiger charge is 2.47. The molecule has 2 aromatic carbocycles. The Morgan fingerprint density at radius 2 is 1.81 bits per heavy atom. The van der Waals surface area contributed by atoms with Crippen LogP contribution >= 0.6 is 0 Å². The molecule has 52 heavy (non-hydrogen) atoms. The number of benzene rings is 2. The summed E-state index contributed by atoms with van der Waals surface area (Å²) in [5.41, 5.74) is 4.22. The monoisotopic (exact) mass is 727 g/mol. The van der Waals surface area contributed by atoms with Gasteiger partial charge in [-0.25, -0.2) is 14.8 Å². The number of anilines is 4. The molecule has 1 atom stereocenters. The molecule has 0 spiro atoms. The fourth-order valence-electron chi connectivity index (χ4n) is 6.28. The summed E-state index contributed by atoms with van der Waals surface area (Å²) in [4.78, 5) is 41.1. The molecule has 5 rings (SSSR count). The molecule has 2 amide bonds. The van der Waals surface area contributed by atoms with Crippen LogP contribution in [0.4, 0.5) is 27.8 Å². The van der Waals surface area contributed by atoms with Gasteiger partial charge in [-0.3, -0.25) is 9.69 Å². The lowest BCUT2D eigenvalue weighted by Gasteiger charge is -2.39. The van der Waals surface area contributed by atoms with Crippen molar-refractivity contribution in [1.82, 2.24) is 14.9 Å². The molecule has 0 radical (unpaired) electrons. The lowest BCUT2D eigenvalue weighted by atomic mass is 9.83. The maximum absolute atomic E-state index is 13.6. The number of amides is 2. The van der Waals surface area contributed by atoms with Gasteiger partial charge in [0, 0.05) is 42.9 Å². The smallest absolute Gasteiger partial charge is 0.414 e. The number of hydrogen-bond acceptors (Lipinski definition) is 10. The number of ether oxygens (including phenoxy) is 2. The van der Waals surface area contributed by atoms with Crippen LogP contribution in [0.2, 0.25) is 18.1 Å². The van der Waals surface area contributed by atoms with E-state index in [0.29, 0.717) is 66.1 Å². The van der Waals surface area contributed by atoms with Crippen molar-refractivity contribution in [2.75, 3.05) is 62.6 Å². The number of methoxy groups -OCH3 is 1. The van der Waals surface area contributed by atoms with Crippen molar-refractivity contribution in [1.29, 1.82) is 5.26 Å². The molecule has 3 heterocycles. The minimum atomic E-state index is -2.16. The highest BCUT2D eigenvalue weighted by Crippen LogP contribution is 2.47. The molecular formula is C39H53N7O5Si. The third-order valence-corrected chi connectivity index (χ3v) is 14.6. The predicted octanol–water partition coefficient (Wildman–Crippen LogP) is 7.25. The van der Waals surface area contributed by atoms with Crippen LogP contribution in [0, 0.1) is 11.3 Å². The molecule has 3 aromatic rings. The number of rotatable bonds is 9. The van der Waals surface area contributed by atoms with Crippen LogP contribution in [0.15, 0.2) is 36.5 Å². The van der Waals surface area contributed by atoms with Crippen molar-refractivity contribution in [2.24, 2.45) is 0 Å². The fourth-order valence-corrected chi connectivity index (χ4v) is 7.40. The van der Waals surface area contributed by atoms with Gasteiger partial charge in [-0.2, -0.15) is 5.26 Å². The topological polar surface area (TPSA) is 133 Å². The average Bonchev–Trinajstić information content (AvgIpc) is 3.60. The van der Waals surface area contributed by atoms with Gasteiger partial charge in [-0.05, 0) is 94.8 Å². The summed E-state index contributed by atoms with van der Waals surface area (Å²) in [5.74, 6) is 0.930. The first-order valence-corrected chi connectivity index (χ1v) is 20.6. The largest absolute Gasteiger partial charge is 0.494 e. The van der Waals surface area contributed by atoms with Crippen LogP contribution in [0.25, 0.3) is 11.3 Å². The van der Waals surface area contributed by atoms with Crippen molar-refractivity contribution in [3.05, 3.63) is 53.2 Å². The summed E-state index contributed by atoms with van der Waals surface area (Å²) >= 11 is 0. The Kier molecular flexibility index (Phi) is 10.5. The van der Waals surface area contributed by atoms with E-state index in [1.807, 2.05) is 58.0 Å². The Balaban J connectivity index is 1.52. The number of nitrogens with one attached hydrogen (secondary N) is 1. The van der Waals surface area contributed by atoms with Gasteiger partial charge in [0.15, 0.2) is 8.32 Å². The van der Waals surface area contributed by atoms with Gasteiger partial charge in [0.05, 0.1) is 42.0 Å². The van der Waals surface area contributed by atoms with Crippen LogP contribution in [0.5, 0.6) is 5.75 Å². The number of fused-ring (bicyclic) bond motifs is 2. The highest BCUT2D eigenvalue weighted by molar-refractivity contribution is 6.74. The van der Waals surface area contributed by atoms with E-state index in [9.17, 15) is 14.9 Å². The lowest BCUT2D eigenvalue weighted by Crippen LogP contribution is -2.46. The molecule has 0 saturated heterocycles. The van der Waals surface area contributed by atoms with E-state index in [0.717, 1.165) is 23.2 Å². The van der Waals surface area contributed by atoms with Crippen molar-refractivity contribution >= 4 is 43.3 Å². The molecule has 12 nitrogen and oxygen atoms in total. The van der Waals surface area contributed by atoms with Crippen molar-refractivity contribution in [3.63, 3.8) is 0 Å². The maximum atomic E-state index is 13.6. The normalized spacial score (nSPS) is 17.2. The number of aromatic nitrogens is 2. The molecule has 0 aliphatic carbocycles. The van der Waals surface area contributed by atoms with Gasteiger partial charge in [0.2, 0.25) is 11.9 Å². The third kappa shape index (κ3) is 7.94. The molecule has 2 aliphatic heterocycles. The molecule has 2 aliphatic rings. The molecular weight excluding hydrogens is 675 g/mol. The summed E-state index contributed by atoms with van der Waals surface area (Å²) < 4.78 is 18.3. The Labute approximate surface area is 309 Å². The quantitative estimate of drug-likeness (QED) is 0.225. The van der Waals surface area contributed by atoms with Crippen molar-refractivity contribution in [2.45, 2.75) is 84.0 Å². The van der Waals surface area contributed by atoms with Gasteiger partial charge in [0.1, 0.15) is 17.4 Å². The van der Waals surface area contributed by atoms with E-state index in [1.165, 1.54) is 0 Å². The minimum Gasteiger partial charge on any atom is -0.494 e. The third-order valence-electron chi connectivity index (χ3n) is 10.1.